The minimum Gasteiger partial charge on any atom is -0.507 e. The van der Waals surface area contributed by atoms with Gasteiger partial charge < -0.3 is 9.67 Å². The summed E-state index contributed by atoms with van der Waals surface area (Å²) in [6.45, 7) is 8.39. The van der Waals surface area contributed by atoms with Gasteiger partial charge >= 0.3 is 0 Å². The van der Waals surface area contributed by atoms with E-state index in [4.69, 9.17) is 15.0 Å². The van der Waals surface area contributed by atoms with Crippen LogP contribution in [0.1, 0.15) is 31.9 Å². The number of phenolic OH excluding ortho intramolecular Hbond substituents is 1. The number of fused-ring (bicyclic) bond motifs is 1. The molecule has 0 amide bonds. The number of hydrogen-bond acceptors (Lipinski definition) is 4. The van der Waals surface area contributed by atoms with Gasteiger partial charge in [-0.25, -0.2) is 4.98 Å². The first-order valence-corrected chi connectivity index (χ1v) is 13.5. The van der Waals surface area contributed by atoms with Crippen molar-refractivity contribution in [2.45, 2.75) is 33.1 Å². The van der Waals surface area contributed by atoms with E-state index in [0.717, 1.165) is 44.7 Å². The molecule has 0 atom stereocenters. The first-order chi connectivity index (χ1) is 19.2. The van der Waals surface area contributed by atoms with Crippen LogP contribution in [0.4, 0.5) is 0 Å². The van der Waals surface area contributed by atoms with E-state index in [-0.39, 0.29) is 11.2 Å². The number of aryl methyl sites for hydroxylation is 2. The second kappa shape index (κ2) is 9.76. The van der Waals surface area contributed by atoms with Crippen LogP contribution in [0.2, 0.25) is 0 Å². The van der Waals surface area contributed by atoms with Gasteiger partial charge in [0.1, 0.15) is 17.1 Å². The Hall–Kier alpha value is -4.77. The summed E-state index contributed by atoms with van der Waals surface area (Å²) in [5.41, 5.74) is 10.3. The number of benzene rings is 3. The van der Waals surface area contributed by atoms with Gasteiger partial charge in [-0.15, -0.1) is 0 Å². The summed E-state index contributed by atoms with van der Waals surface area (Å²) < 4.78 is 2.03. The van der Waals surface area contributed by atoms with Gasteiger partial charge in [0.15, 0.2) is 0 Å². The van der Waals surface area contributed by atoms with Gasteiger partial charge in [-0.05, 0) is 58.9 Å². The highest BCUT2D eigenvalue weighted by atomic mass is 16.3. The van der Waals surface area contributed by atoms with Crippen molar-refractivity contribution >= 4 is 11.0 Å². The molecular formula is C35H32N4O. The van der Waals surface area contributed by atoms with Crippen molar-refractivity contribution in [2.75, 3.05) is 0 Å². The average Bonchev–Trinajstić information content (AvgIpc) is 3.29. The van der Waals surface area contributed by atoms with E-state index in [2.05, 4.69) is 76.2 Å². The highest BCUT2D eigenvalue weighted by Crippen LogP contribution is 2.40. The molecule has 3 aromatic heterocycles. The SMILES string of the molecule is Cc1cnc(-c2cccc(-c3nccc4c3nc(-c3cccc(C(C)(C)C)c3O)n4C)c2)cc1-c1ccccc1. The Balaban J connectivity index is 1.46. The molecule has 0 saturated carbocycles. The maximum atomic E-state index is 11.2. The number of phenols is 1. The third-order valence-electron chi connectivity index (χ3n) is 7.50. The highest BCUT2D eigenvalue weighted by molar-refractivity contribution is 5.93. The lowest BCUT2D eigenvalue weighted by molar-refractivity contribution is 0.448. The number of aromatic hydroxyl groups is 1. The molecule has 0 radical (unpaired) electrons. The molecule has 0 aliphatic heterocycles. The minimum atomic E-state index is -0.192. The quantitative estimate of drug-likeness (QED) is 0.252. The Labute approximate surface area is 234 Å². The molecule has 0 aliphatic carbocycles. The third kappa shape index (κ3) is 4.43. The molecule has 3 heterocycles. The van der Waals surface area contributed by atoms with Crippen molar-refractivity contribution in [1.82, 2.24) is 19.5 Å². The molecule has 6 rings (SSSR count). The molecule has 3 aromatic carbocycles. The standard InChI is InChI=1S/C35H32N4O/c1-22-21-37-29(20-27(22)23-11-7-6-8-12-23)24-13-9-14-25(19-24)31-32-30(17-18-36-31)39(5)34(38-32)26-15-10-16-28(33(26)40)35(2,3)4/h6-21,40H,1-5H3. The number of para-hydroxylation sites is 1. The normalized spacial score (nSPS) is 11.7. The van der Waals surface area contributed by atoms with E-state index in [1.54, 1.807) is 0 Å². The maximum Gasteiger partial charge on any atom is 0.144 e. The summed E-state index contributed by atoms with van der Waals surface area (Å²) in [6.07, 6.45) is 3.76. The lowest BCUT2D eigenvalue weighted by Crippen LogP contribution is -2.11. The summed E-state index contributed by atoms with van der Waals surface area (Å²) in [6, 6.07) is 28.7. The summed E-state index contributed by atoms with van der Waals surface area (Å²) in [7, 11) is 1.98. The van der Waals surface area contributed by atoms with Crippen LogP contribution in [0.15, 0.2) is 97.3 Å². The molecule has 0 aliphatic rings. The van der Waals surface area contributed by atoms with Crippen molar-refractivity contribution < 1.29 is 5.11 Å². The van der Waals surface area contributed by atoms with Crippen LogP contribution in [-0.2, 0) is 12.5 Å². The van der Waals surface area contributed by atoms with Crippen LogP contribution in [0.25, 0.3) is 56.1 Å². The summed E-state index contributed by atoms with van der Waals surface area (Å²) in [4.78, 5) is 14.6. The zero-order chi connectivity index (χ0) is 28.0. The Kier molecular flexibility index (Phi) is 6.22. The molecule has 5 heteroatoms. The molecule has 198 valence electrons. The van der Waals surface area contributed by atoms with E-state index in [9.17, 15) is 5.11 Å². The van der Waals surface area contributed by atoms with Gasteiger partial charge in [0.05, 0.1) is 22.5 Å². The lowest BCUT2D eigenvalue weighted by atomic mass is 9.85. The monoisotopic (exact) mass is 524 g/mol. The Morgan fingerprint density at radius 1 is 0.750 bits per heavy atom. The largest absolute Gasteiger partial charge is 0.507 e. The smallest absolute Gasteiger partial charge is 0.144 e. The third-order valence-corrected chi connectivity index (χ3v) is 7.50. The van der Waals surface area contributed by atoms with Gasteiger partial charge in [0.2, 0.25) is 0 Å². The highest BCUT2D eigenvalue weighted by Gasteiger charge is 2.23. The molecule has 6 aromatic rings. The molecule has 5 nitrogen and oxygen atoms in total. The van der Waals surface area contributed by atoms with Crippen LogP contribution in [0.3, 0.4) is 0 Å². The number of nitrogens with zero attached hydrogens (tertiary/aromatic N) is 4. The zero-order valence-corrected chi connectivity index (χ0v) is 23.5. The van der Waals surface area contributed by atoms with E-state index in [1.807, 2.05) is 60.4 Å². The van der Waals surface area contributed by atoms with Crippen molar-refractivity contribution in [3.63, 3.8) is 0 Å². The first kappa shape index (κ1) is 25.5. The van der Waals surface area contributed by atoms with Crippen LogP contribution >= 0.6 is 0 Å². The van der Waals surface area contributed by atoms with Crippen LogP contribution < -0.4 is 0 Å². The van der Waals surface area contributed by atoms with Gasteiger partial charge in [-0.1, -0.05) is 81.4 Å². The van der Waals surface area contributed by atoms with E-state index in [1.165, 1.54) is 11.1 Å². The Morgan fingerprint density at radius 2 is 1.48 bits per heavy atom. The van der Waals surface area contributed by atoms with Crippen LogP contribution in [0.5, 0.6) is 5.75 Å². The average molecular weight is 525 g/mol. The second-order valence-corrected chi connectivity index (χ2v) is 11.3. The van der Waals surface area contributed by atoms with Crippen LogP contribution in [-0.4, -0.2) is 24.6 Å². The number of aromatic nitrogens is 4. The van der Waals surface area contributed by atoms with Gasteiger partial charge in [-0.2, -0.15) is 0 Å². The first-order valence-electron chi connectivity index (χ1n) is 13.5. The predicted molar refractivity (Wildman–Crippen MR) is 163 cm³/mol. The lowest BCUT2D eigenvalue weighted by Gasteiger charge is -2.21. The molecular weight excluding hydrogens is 492 g/mol. The molecule has 0 fully saturated rings. The zero-order valence-electron chi connectivity index (χ0n) is 23.5. The van der Waals surface area contributed by atoms with Crippen LogP contribution in [0, 0.1) is 6.92 Å². The van der Waals surface area contributed by atoms with E-state index in [0.29, 0.717) is 11.4 Å². The summed E-state index contributed by atoms with van der Waals surface area (Å²) >= 11 is 0. The fourth-order valence-corrected chi connectivity index (χ4v) is 5.34. The summed E-state index contributed by atoms with van der Waals surface area (Å²) in [5.74, 6) is 0.973. The molecule has 0 saturated heterocycles. The fraction of sp³-hybridized carbons (Fsp3) is 0.171. The molecule has 0 spiro atoms. The number of imidazole rings is 1. The van der Waals surface area contributed by atoms with Gasteiger partial charge in [-0.3, -0.25) is 9.97 Å². The minimum absolute atomic E-state index is 0.192. The Bertz CT molecular complexity index is 1860. The fourth-order valence-electron chi connectivity index (χ4n) is 5.34. The molecule has 40 heavy (non-hydrogen) atoms. The number of pyridine rings is 2. The van der Waals surface area contributed by atoms with Crippen molar-refractivity contribution in [2.24, 2.45) is 7.05 Å². The predicted octanol–water partition coefficient (Wildman–Crippen LogP) is 8.34. The molecule has 1 N–H and O–H groups in total. The molecule has 0 unspecified atom stereocenters. The summed E-state index contributed by atoms with van der Waals surface area (Å²) in [5, 5.41) is 11.2. The van der Waals surface area contributed by atoms with Crippen molar-refractivity contribution in [3.05, 3.63) is 108 Å². The van der Waals surface area contributed by atoms with Crippen molar-refractivity contribution in [3.8, 4) is 50.8 Å². The van der Waals surface area contributed by atoms with E-state index >= 15 is 0 Å². The number of hydrogen-bond donors (Lipinski definition) is 1. The topological polar surface area (TPSA) is 63.8 Å². The molecule has 0 bridgehead atoms. The maximum absolute atomic E-state index is 11.2. The van der Waals surface area contributed by atoms with Crippen molar-refractivity contribution in [1.29, 1.82) is 0 Å². The van der Waals surface area contributed by atoms with Gasteiger partial charge in [0.25, 0.3) is 0 Å². The number of rotatable bonds is 4. The second-order valence-electron chi connectivity index (χ2n) is 11.3. The Morgan fingerprint density at radius 3 is 2.25 bits per heavy atom. The van der Waals surface area contributed by atoms with E-state index < -0.39 is 0 Å². The van der Waals surface area contributed by atoms with Gasteiger partial charge in [0, 0.05) is 30.6 Å².